The highest BCUT2D eigenvalue weighted by atomic mass is 16.2. The first kappa shape index (κ1) is 19.9. The summed E-state index contributed by atoms with van der Waals surface area (Å²) in [6.07, 6.45) is 8.95. The van der Waals surface area contributed by atoms with Crippen LogP contribution in [0.25, 0.3) is 22.9 Å². The number of carbonyl (C=O) groups is 2. The van der Waals surface area contributed by atoms with E-state index < -0.39 is 11.9 Å². The number of pyridine rings is 1. The largest absolute Gasteiger partial charge is 0.367 e. The fourth-order valence-corrected chi connectivity index (χ4v) is 3.76. The minimum Gasteiger partial charge on any atom is -0.367 e. The number of imide groups is 1. The molecular weight excluding hydrogens is 432 g/mol. The van der Waals surface area contributed by atoms with Gasteiger partial charge in [-0.25, -0.2) is 9.78 Å². The molecule has 1 aliphatic heterocycles. The number of aromatic nitrogens is 4. The maximum absolute atomic E-state index is 12.0. The summed E-state index contributed by atoms with van der Waals surface area (Å²) in [5.41, 5.74) is 4.40. The van der Waals surface area contributed by atoms with E-state index in [0.717, 1.165) is 35.5 Å². The Morgan fingerprint density at radius 1 is 1.00 bits per heavy atom. The molecule has 1 aromatic carbocycles. The predicted molar refractivity (Wildman–Crippen MR) is 127 cm³/mol. The fraction of sp³-hybridized carbons (Fsp3) is 0.125. The van der Waals surface area contributed by atoms with Crippen molar-refractivity contribution in [3.8, 4) is 11.1 Å². The van der Waals surface area contributed by atoms with Crippen LogP contribution in [0.2, 0.25) is 0 Å². The Balaban J connectivity index is 1.34. The van der Waals surface area contributed by atoms with Crippen LogP contribution in [0, 0.1) is 0 Å². The van der Waals surface area contributed by atoms with Crippen LogP contribution in [0.1, 0.15) is 18.4 Å². The summed E-state index contributed by atoms with van der Waals surface area (Å²) in [6.45, 7) is 0. The van der Waals surface area contributed by atoms with Crippen molar-refractivity contribution in [1.29, 1.82) is 0 Å². The Morgan fingerprint density at radius 2 is 1.76 bits per heavy atom. The molecule has 10 heteroatoms. The molecule has 0 bridgehead atoms. The summed E-state index contributed by atoms with van der Waals surface area (Å²) in [7, 11) is 0. The second kappa shape index (κ2) is 8.00. The molecule has 10 nitrogen and oxygen atoms in total. The van der Waals surface area contributed by atoms with Crippen molar-refractivity contribution < 1.29 is 9.59 Å². The van der Waals surface area contributed by atoms with Gasteiger partial charge in [-0.2, -0.15) is 9.61 Å². The van der Waals surface area contributed by atoms with Gasteiger partial charge in [0.05, 0.1) is 6.20 Å². The summed E-state index contributed by atoms with van der Waals surface area (Å²) in [6, 6.07) is 13.8. The van der Waals surface area contributed by atoms with Gasteiger partial charge in [0.1, 0.15) is 17.3 Å². The number of rotatable bonds is 6. The van der Waals surface area contributed by atoms with Crippen LogP contribution >= 0.6 is 0 Å². The molecule has 0 atom stereocenters. The smallest absolute Gasteiger partial charge is 0.326 e. The van der Waals surface area contributed by atoms with E-state index in [-0.39, 0.29) is 5.70 Å². The van der Waals surface area contributed by atoms with Crippen LogP contribution in [0.3, 0.4) is 0 Å². The SMILES string of the molecule is O=C1NC(=O)/C(=C/c2cnn3c(NC4CC4)cc(Nc4ccc(-c5ccncc5)cc4)nc23)N1. The highest BCUT2D eigenvalue weighted by Crippen LogP contribution is 2.29. The van der Waals surface area contributed by atoms with E-state index in [1.54, 1.807) is 29.2 Å². The lowest BCUT2D eigenvalue weighted by Gasteiger charge is -2.12. The highest BCUT2D eigenvalue weighted by molar-refractivity contribution is 6.14. The number of carbonyl (C=O) groups excluding carboxylic acids is 2. The van der Waals surface area contributed by atoms with Crippen molar-refractivity contribution >= 4 is 41.0 Å². The zero-order valence-electron chi connectivity index (χ0n) is 17.9. The van der Waals surface area contributed by atoms with E-state index in [9.17, 15) is 9.59 Å². The topological polar surface area (TPSA) is 125 Å². The Kier molecular flexibility index (Phi) is 4.69. The molecule has 0 unspecified atom stereocenters. The third-order valence-electron chi connectivity index (χ3n) is 5.62. The summed E-state index contributed by atoms with van der Waals surface area (Å²) in [5, 5.41) is 16.0. The van der Waals surface area contributed by atoms with Crippen molar-refractivity contribution in [2.75, 3.05) is 10.6 Å². The first-order chi connectivity index (χ1) is 16.6. The number of hydrogen-bond donors (Lipinski definition) is 4. The average molecular weight is 452 g/mol. The van der Waals surface area contributed by atoms with E-state index in [1.807, 2.05) is 42.5 Å². The van der Waals surface area contributed by atoms with E-state index in [2.05, 4.69) is 31.3 Å². The normalized spacial score (nSPS) is 16.5. The molecule has 1 saturated heterocycles. The first-order valence-electron chi connectivity index (χ1n) is 10.9. The molecular formula is C24H20N8O2. The van der Waals surface area contributed by atoms with Gasteiger partial charge in [-0.3, -0.25) is 15.1 Å². The number of fused-ring (bicyclic) bond motifs is 1. The van der Waals surface area contributed by atoms with Gasteiger partial charge in [0, 0.05) is 35.8 Å². The second-order valence-electron chi connectivity index (χ2n) is 8.19. The zero-order valence-corrected chi connectivity index (χ0v) is 17.9. The van der Waals surface area contributed by atoms with Crippen LogP contribution in [-0.2, 0) is 4.79 Å². The van der Waals surface area contributed by atoms with E-state index in [4.69, 9.17) is 4.98 Å². The molecule has 3 aromatic heterocycles. The van der Waals surface area contributed by atoms with Crippen LogP contribution in [0.4, 0.5) is 22.1 Å². The third kappa shape index (κ3) is 3.92. The molecule has 1 aliphatic carbocycles. The lowest BCUT2D eigenvalue weighted by molar-refractivity contribution is -0.115. The monoisotopic (exact) mass is 452 g/mol. The molecule has 2 aliphatic rings. The maximum atomic E-state index is 12.0. The van der Waals surface area contributed by atoms with Gasteiger partial charge >= 0.3 is 6.03 Å². The summed E-state index contributed by atoms with van der Waals surface area (Å²) >= 11 is 0. The molecule has 168 valence electrons. The molecule has 4 aromatic rings. The lowest BCUT2D eigenvalue weighted by Crippen LogP contribution is -2.22. The summed E-state index contributed by atoms with van der Waals surface area (Å²) < 4.78 is 1.71. The molecule has 4 N–H and O–H groups in total. The quantitative estimate of drug-likeness (QED) is 0.261. The van der Waals surface area contributed by atoms with Crippen LogP contribution < -0.4 is 21.3 Å². The molecule has 2 fully saturated rings. The predicted octanol–water partition coefficient (Wildman–Crippen LogP) is 3.29. The molecule has 0 spiro atoms. The number of nitrogens with zero attached hydrogens (tertiary/aromatic N) is 4. The van der Waals surface area contributed by atoms with Crippen molar-refractivity contribution in [1.82, 2.24) is 30.2 Å². The van der Waals surface area contributed by atoms with Gasteiger partial charge in [0.15, 0.2) is 5.65 Å². The molecule has 0 radical (unpaired) electrons. The van der Waals surface area contributed by atoms with Gasteiger partial charge in [0.2, 0.25) is 0 Å². The second-order valence-corrected chi connectivity index (χ2v) is 8.19. The number of urea groups is 1. The highest BCUT2D eigenvalue weighted by Gasteiger charge is 2.25. The van der Waals surface area contributed by atoms with E-state index in [1.165, 1.54) is 0 Å². The average Bonchev–Trinajstić information content (AvgIpc) is 3.48. The first-order valence-corrected chi connectivity index (χ1v) is 10.9. The fourth-order valence-electron chi connectivity index (χ4n) is 3.76. The van der Waals surface area contributed by atoms with Gasteiger partial charge in [-0.15, -0.1) is 0 Å². The van der Waals surface area contributed by atoms with E-state index >= 15 is 0 Å². The van der Waals surface area contributed by atoms with Crippen molar-refractivity contribution in [2.45, 2.75) is 18.9 Å². The number of nitrogens with one attached hydrogen (secondary N) is 4. The summed E-state index contributed by atoms with van der Waals surface area (Å²) in [5.74, 6) is 0.949. The van der Waals surface area contributed by atoms with Crippen LogP contribution in [0.5, 0.6) is 0 Å². The minimum absolute atomic E-state index is 0.156. The number of benzene rings is 1. The minimum atomic E-state index is -0.547. The molecule has 6 rings (SSSR count). The van der Waals surface area contributed by atoms with Crippen molar-refractivity contribution in [2.24, 2.45) is 0 Å². The van der Waals surface area contributed by atoms with Gasteiger partial charge in [0.25, 0.3) is 5.91 Å². The molecule has 4 heterocycles. The van der Waals surface area contributed by atoms with Crippen LogP contribution in [0.15, 0.2) is 66.8 Å². The number of amides is 3. The maximum Gasteiger partial charge on any atom is 0.326 e. The number of anilines is 3. The van der Waals surface area contributed by atoms with Crippen LogP contribution in [-0.4, -0.2) is 37.6 Å². The van der Waals surface area contributed by atoms with Crippen molar-refractivity contribution in [3.05, 3.63) is 72.3 Å². The number of hydrogen-bond acceptors (Lipinski definition) is 7. The third-order valence-corrected chi connectivity index (χ3v) is 5.62. The summed E-state index contributed by atoms with van der Waals surface area (Å²) in [4.78, 5) is 32.2. The van der Waals surface area contributed by atoms with Gasteiger partial charge in [-0.1, -0.05) is 12.1 Å². The standard InChI is InChI=1S/C24H20N8O2/c33-23-19(29-24(34)31-23)11-16-13-26-32-21(28-18-5-6-18)12-20(30-22(16)32)27-17-3-1-14(2-4-17)15-7-9-25-10-8-15/h1-4,7-13,18,28H,5-6H2,(H,27,30)(H2,29,31,33,34)/b19-11-. The van der Waals surface area contributed by atoms with Crippen molar-refractivity contribution in [3.63, 3.8) is 0 Å². The Morgan fingerprint density at radius 3 is 2.47 bits per heavy atom. The van der Waals surface area contributed by atoms with E-state index in [0.29, 0.717) is 23.1 Å². The molecule has 1 saturated carbocycles. The Labute approximate surface area is 194 Å². The lowest BCUT2D eigenvalue weighted by atomic mass is 10.1. The zero-order chi connectivity index (χ0) is 23.1. The Bertz CT molecular complexity index is 1440. The molecule has 34 heavy (non-hydrogen) atoms. The Hall–Kier alpha value is -4.73. The van der Waals surface area contributed by atoms with Gasteiger partial charge < -0.3 is 16.0 Å². The molecule has 3 amide bonds. The van der Waals surface area contributed by atoms with Gasteiger partial charge in [-0.05, 0) is 54.3 Å².